The van der Waals surface area contributed by atoms with Gasteiger partial charge in [-0.3, -0.25) is 0 Å². The molecule has 256 valence electrons. The van der Waals surface area contributed by atoms with E-state index in [9.17, 15) is 30.7 Å². The van der Waals surface area contributed by atoms with Crippen LogP contribution in [0.2, 0.25) is 0 Å². The van der Waals surface area contributed by atoms with Crippen molar-refractivity contribution in [1.82, 2.24) is 0 Å². The highest BCUT2D eigenvalue weighted by Gasteiger charge is 2.42. The Kier molecular flexibility index (Phi) is 10.6. The summed E-state index contributed by atoms with van der Waals surface area (Å²) < 4.78 is 146. The molecule has 0 amide bonds. The SMILES string of the molecule is CCCCCC1COC(c2cc(F)c(C(F)(F)Oc3ccc(-c4ccc(-c5ccc(OC(F)(F)F)c(F)c5)c(F)c4)cc3)c(F)c2)OC1. The van der Waals surface area contributed by atoms with E-state index in [-0.39, 0.29) is 28.2 Å². The number of ether oxygens (including phenoxy) is 4. The molecule has 1 aliphatic rings. The van der Waals surface area contributed by atoms with Crippen LogP contribution in [0.3, 0.4) is 0 Å². The van der Waals surface area contributed by atoms with Gasteiger partial charge in [0.25, 0.3) is 0 Å². The van der Waals surface area contributed by atoms with Crippen LogP contribution in [0.25, 0.3) is 22.3 Å². The van der Waals surface area contributed by atoms with Crippen molar-refractivity contribution in [3.8, 4) is 33.8 Å². The summed E-state index contributed by atoms with van der Waals surface area (Å²) in [6.07, 6.45) is -6.64. The highest BCUT2D eigenvalue weighted by molar-refractivity contribution is 5.71. The lowest BCUT2D eigenvalue weighted by atomic mass is 9.99. The van der Waals surface area contributed by atoms with Crippen molar-refractivity contribution in [3.05, 3.63) is 107 Å². The molecule has 0 atom stereocenters. The number of halogens is 9. The van der Waals surface area contributed by atoms with Gasteiger partial charge >= 0.3 is 12.5 Å². The van der Waals surface area contributed by atoms with Gasteiger partial charge in [-0.2, -0.15) is 8.78 Å². The van der Waals surface area contributed by atoms with Gasteiger partial charge < -0.3 is 18.9 Å². The average molecular weight is 685 g/mol. The fraction of sp³-hybridized carbons (Fsp3) is 0.314. The molecule has 1 saturated heterocycles. The molecule has 4 aromatic rings. The first-order chi connectivity index (χ1) is 22.7. The third-order valence-electron chi connectivity index (χ3n) is 7.68. The minimum atomic E-state index is -5.11. The van der Waals surface area contributed by atoms with Crippen LogP contribution in [0.1, 0.15) is 50.0 Å². The molecule has 1 fully saturated rings. The van der Waals surface area contributed by atoms with Gasteiger partial charge in [-0.05, 0) is 65.6 Å². The lowest BCUT2D eigenvalue weighted by molar-refractivity contribution is -0.275. The van der Waals surface area contributed by atoms with Crippen molar-refractivity contribution in [3.63, 3.8) is 0 Å². The van der Waals surface area contributed by atoms with E-state index in [0.717, 1.165) is 68.1 Å². The third-order valence-corrected chi connectivity index (χ3v) is 7.68. The molecule has 4 aromatic carbocycles. The minimum Gasteiger partial charge on any atom is -0.429 e. The van der Waals surface area contributed by atoms with Crippen LogP contribution in [0.5, 0.6) is 11.5 Å². The third kappa shape index (κ3) is 8.43. The van der Waals surface area contributed by atoms with Crippen molar-refractivity contribution in [1.29, 1.82) is 0 Å². The molecule has 0 aromatic heterocycles. The van der Waals surface area contributed by atoms with Gasteiger partial charge in [0.15, 0.2) is 17.9 Å². The lowest BCUT2D eigenvalue weighted by Gasteiger charge is -2.30. The van der Waals surface area contributed by atoms with Gasteiger partial charge in [-0.15, -0.1) is 13.2 Å². The molecule has 0 spiro atoms. The molecule has 0 saturated carbocycles. The molecule has 1 aliphatic heterocycles. The average Bonchev–Trinajstić information content (AvgIpc) is 3.01. The normalized spacial score (nSPS) is 17.0. The predicted molar refractivity (Wildman–Crippen MR) is 157 cm³/mol. The Bertz CT molecular complexity index is 1690. The molecule has 0 radical (unpaired) electrons. The van der Waals surface area contributed by atoms with Crippen molar-refractivity contribution in [2.24, 2.45) is 5.92 Å². The van der Waals surface area contributed by atoms with Crippen LogP contribution in [0.15, 0.2) is 72.8 Å². The van der Waals surface area contributed by atoms with E-state index >= 15 is 8.78 Å². The van der Waals surface area contributed by atoms with Crippen LogP contribution in [-0.4, -0.2) is 19.6 Å². The Hall–Kier alpha value is -4.23. The number of rotatable bonds is 11. The molecule has 0 aliphatic carbocycles. The second kappa shape index (κ2) is 14.5. The van der Waals surface area contributed by atoms with E-state index < -0.39 is 59.1 Å². The van der Waals surface area contributed by atoms with Gasteiger partial charge in [0, 0.05) is 17.0 Å². The number of hydrogen-bond donors (Lipinski definition) is 0. The summed E-state index contributed by atoms with van der Waals surface area (Å²) in [6, 6.07) is 12.4. The first-order valence-corrected chi connectivity index (χ1v) is 15.0. The zero-order valence-electron chi connectivity index (χ0n) is 25.4. The van der Waals surface area contributed by atoms with Gasteiger partial charge in [0.2, 0.25) is 0 Å². The summed E-state index contributed by atoms with van der Waals surface area (Å²) in [6.45, 7) is 2.70. The second-order valence-electron chi connectivity index (χ2n) is 11.3. The highest BCUT2D eigenvalue weighted by Crippen LogP contribution is 2.39. The Morgan fingerprint density at radius 3 is 1.85 bits per heavy atom. The van der Waals surface area contributed by atoms with Crippen molar-refractivity contribution < 1.29 is 58.5 Å². The van der Waals surface area contributed by atoms with Gasteiger partial charge in [0.1, 0.15) is 28.8 Å². The molecule has 0 bridgehead atoms. The Morgan fingerprint density at radius 2 is 1.27 bits per heavy atom. The summed E-state index contributed by atoms with van der Waals surface area (Å²) in [7, 11) is 0. The summed E-state index contributed by atoms with van der Waals surface area (Å²) in [5, 5.41) is 0. The number of benzene rings is 4. The van der Waals surface area contributed by atoms with Gasteiger partial charge in [-0.25, -0.2) is 17.6 Å². The molecule has 5 rings (SSSR count). The van der Waals surface area contributed by atoms with E-state index in [0.29, 0.717) is 24.8 Å². The van der Waals surface area contributed by atoms with E-state index in [1.54, 1.807) is 0 Å². The largest absolute Gasteiger partial charge is 0.573 e. The second-order valence-corrected chi connectivity index (χ2v) is 11.3. The first-order valence-electron chi connectivity index (χ1n) is 15.0. The fourth-order valence-corrected chi connectivity index (χ4v) is 5.31. The fourth-order valence-electron chi connectivity index (χ4n) is 5.31. The summed E-state index contributed by atoms with van der Waals surface area (Å²) in [5.41, 5.74) is -1.28. The maximum Gasteiger partial charge on any atom is 0.573 e. The van der Waals surface area contributed by atoms with Crippen molar-refractivity contribution >= 4 is 0 Å². The van der Waals surface area contributed by atoms with Crippen LogP contribution in [0, 0.1) is 29.2 Å². The maximum atomic E-state index is 15.0. The zero-order valence-corrected chi connectivity index (χ0v) is 25.4. The Balaban J connectivity index is 1.25. The molecular weight excluding hydrogens is 655 g/mol. The lowest BCUT2D eigenvalue weighted by Crippen LogP contribution is -2.28. The maximum absolute atomic E-state index is 15.0. The summed E-state index contributed by atoms with van der Waals surface area (Å²) >= 11 is 0. The van der Waals surface area contributed by atoms with Crippen molar-refractivity contribution in [2.75, 3.05) is 13.2 Å². The van der Waals surface area contributed by atoms with E-state index in [1.807, 2.05) is 0 Å². The first kappa shape index (κ1) is 35.1. The van der Waals surface area contributed by atoms with E-state index in [4.69, 9.17) is 9.47 Å². The van der Waals surface area contributed by atoms with Crippen LogP contribution < -0.4 is 9.47 Å². The van der Waals surface area contributed by atoms with Gasteiger partial charge in [0.05, 0.1) is 13.2 Å². The molecule has 13 heteroatoms. The molecule has 0 N–H and O–H groups in total. The number of alkyl halides is 5. The molecule has 1 heterocycles. The molecule has 48 heavy (non-hydrogen) atoms. The standard InChI is InChI=1S/C35H29F9O4/c1-2-3-4-5-20-18-45-33(46-19-20)24-16-29(38)32(30(39)17-24)34(40,41)47-25-10-6-21(7-11-25)22-8-12-26(27(36)14-22)23-9-13-31(28(37)15-23)48-35(42,43)44/h6-17,20,33H,2-5,18-19H2,1H3. The number of hydrogen-bond acceptors (Lipinski definition) is 4. The van der Waals surface area contributed by atoms with Gasteiger partial charge in [-0.1, -0.05) is 56.5 Å². The topological polar surface area (TPSA) is 36.9 Å². The zero-order chi connectivity index (χ0) is 34.6. The minimum absolute atomic E-state index is 0.0604. The molecular formula is C35H29F9O4. The Morgan fingerprint density at radius 1 is 0.667 bits per heavy atom. The van der Waals surface area contributed by atoms with Crippen LogP contribution >= 0.6 is 0 Å². The van der Waals surface area contributed by atoms with Crippen molar-refractivity contribution in [2.45, 2.75) is 51.4 Å². The summed E-state index contributed by atoms with van der Waals surface area (Å²) in [4.78, 5) is 0. The predicted octanol–water partition coefficient (Wildman–Crippen LogP) is 10.8. The smallest absolute Gasteiger partial charge is 0.429 e. The van der Waals surface area contributed by atoms with Crippen LogP contribution in [-0.2, 0) is 15.6 Å². The number of unbranched alkanes of at least 4 members (excludes halogenated alkanes) is 2. The summed E-state index contributed by atoms with van der Waals surface area (Å²) in [5.74, 6) is -6.71. The van der Waals surface area contributed by atoms with E-state index in [1.165, 1.54) is 24.3 Å². The molecule has 0 unspecified atom stereocenters. The quantitative estimate of drug-likeness (QED) is 0.116. The van der Waals surface area contributed by atoms with E-state index in [2.05, 4.69) is 16.4 Å². The Labute approximate surface area is 270 Å². The van der Waals surface area contributed by atoms with Crippen LogP contribution in [0.4, 0.5) is 39.5 Å². The highest BCUT2D eigenvalue weighted by atomic mass is 19.4. The monoisotopic (exact) mass is 684 g/mol. The molecule has 4 nitrogen and oxygen atoms in total.